The first kappa shape index (κ1) is 43.7. The summed E-state index contributed by atoms with van der Waals surface area (Å²) in [6.45, 7) is 4.20. The summed E-state index contributed by atoms with van der Waals surface area (Å²) in [5.41, 5.74) is 23.2. The number of nitrogens with two attached hydrogens (primary N) is 4. The van der Waals surface area contributed by atoms with Crippen LogP contribution in [-0.4, -0.2) is 94.1 Å². The number of nitrogens with zero attached hydrogens (tertiary/aromatic N) is 3. The topological polar surface area (TPSA) is 235 Å². The van der Waals surface area contributed by atoms with Crippen molar-refractivity contribution in [3.05, 3.63) is 125 Å². The number of likely N-dealkylation sites (tertiary alicyclic amines) is 2. The van der Waals surface area contributed by atoms with Crippen LogP contribution in [-0.2, 0) is 52.3 Å². The number of carbonyl (C=O) groups excluding carboxylic acids is 6. The van der Waals surface area contributed by atoms with Gasteiger partial charge in [-0.1, -0.05) is 105 Å². The van der Waals surface area contributed by atoms with Crippen LogP contribution in [0, 0.1) is 0 Å². The standard InChI is InChI=1S/C50H55N7O8/c1-47(28-30-12-18-34(47)19-13-30)49(41(51)58,43(60)64-45(53)62)55-26-6-10-37(55)39-24-25-40(57(39)36-22-16-33(17-23-36)32-8-4-3-5-9-32)38-11-7-27-56(38)50(42(52)59,44(61)65-46(54)63)48(2)29-31-14-20-35(48)21-15-31/h3-5,8-9,12-23,37-40H,6-7,10-11,24-29H2,1-2H3,(H2,51,58)(H2,52,59)(H2,53,62)(H2,54,63)/t37?,38?,39-,40?,47?,48?,49-,50-/m0/s1. The maximum absolute atomic E-state index is 14.7. The van der Waals surface area contributed by atoms with Crippen LogP contribution in [0.25, 0.3) is 11.1 Å². The number of carbonyl (C=O) groups is 6. The summed E-state index contributed by atoms with van der Waals surface area (Å²) < 4.78 is 10.5. The smallest absolute Gasteiger partial charge is 0.375 e. The van der Waals surface area contributed by atoms with E-state index in [-0.39, 0.29) is 38.0 Å². The van der Waals surface area contributed by atoms with E-state index >= 15 is 0 Å². The molecule has 3 fully saturated rings. The van der Waals surface area contributed by atoms with Crippen molar-refractivity contribution in [2.24, 2.45) is 22.9 Å². The quantitative estimate of drug-likeness (QED) is 0.115. The van der Waals surface area contributed by atoms with Gasteiger partial charge in [0.05, 0.1) is 0 Å². The van der Waals surface area contributed by atoms with Crippen molar-refractivity contribution in [3.63, 3.8) is 0 Å². The summed E-state index contributed by atoms with van der Waals surface area (Å²) >= 11 is 0. The Labute approximate surface area is 377 Å². The van der Waals surface area contributed by atoms with E-state index in [4.69, 9.17) is 32.4 Å². The molecule has 65 heavy (non-hydrogen) atoms. The van der Waals surface area contributed by atoms with Gasteiger partial charge >= 0.3 is 24.1 Å². The summed E-state index contributed by atoms with van der Waals surface area (Å²) in [5, 5.41) is 0. The fourth-order valence-corrected chi connectivity index (χ4v) is 13.0. The first-order chi connectivity index (χ1) is 31.1. The SMILES string of the molecule is CC1([C@](C(N)=O)(C(=O)OC(N)=O)N2CCCC2C2CC[C@@H](C3CCCN3[C@@](C(N)=O)(C(=O)OC(N)=O)C3(C)Cc4ccc3cc4)N2c2ccc(-c3ccccc3)cc2)Cc2ccc1cc2. The van der Waals surface area contributed by atoms with Crippen LogP contribution in [0.4, 0.5) is 15.3 Å². The largest absolute Gasteiger partial charge is 0.412 e. The van der Waals surface area contributed by atoms with E-state index in [2.05, 4.69) is 4.90 Å². The van der Waals surface area contributed by atoms with E-state index in [0.717, 1.165) is 27.9 Å². The minimum atomic E-state index is -2.16. The summed E-state index contributed by atoms with van der Waals surface area (Å²) in [4.78, 5) is 89.3. The molecule has 5 unspecified atom stereocenters. The van der Waals surface area contributed by atoms with Gasteiger partial charge in [0.2, 0.25) is 11.1 Å². The molecule has 4 aromatic carbocycles. The third-order valence-corrected chi connectivity index (χ3v) is 15.7. The second-order valence-corrected chi connectivity index (χ2v) is 18.8. The molecule has 8 N–H and O–H groups in total. The number of benzene rings is 4. The lowest BCUT2D eigenvalue weighted by molar-refractivity contribution is -0.167. The number of primary amides is 4. The molecule has 4 aliphatic carbocycles. The minimum Gasteiger partial charge on any atom is -0.375 e. The van der Waals surface area contributed by atoms with Crippen LogP contribution in [0.5, 0.6) is 0 Å². The van der Waals surface area contributed by atoms with Crippen molar-refractivity contribution in [3.8, 4) is 11.1 Å². The molecule has 0 aromatic heterocycles. The van der Waals surface area contributed by atoms with Gasteiger partial charge in [-0.2, -0.15) is 0 Å². The molecule has 338 valence electrons. The monoisotopic (exact) mass is 881 g/mol. The van der Waals surface area contributed by atoms with Gasteiger partial charge in [-0.3, -0.25) is 19.4 Å². The highest BCUT2D eigenvalue weighted by atomic mass is 16.6. The van der Waals surface area contributed by atoms with Gasteiger partial charge < -0.3 is 37.3 Å². The molecule has 0 saturated carbocycles. The zero-order chi connectivity index (χ0) is 46.1. The van der Waals surface area contributed by atoms with E-state index in [1.54, 1.807) is 0 Å². The zero-order valence-corrected chi connectivity index (χ0v) is 36.6. The number of ether oxygens (including phenoxy) is 2. The van der Waals surface area contributed by atoms with Gasteiger partial charge in [0.25, 0.3) is 11.8 Å². The number of esters is 2. The number of hydrogen-bond acceptors (Lipinski definition) is 11. The lowest BCUT2D eigenvalue weighted by Gasteiger charge is -2.55. The highest BCUT2D eigenvalue weighted by molar-refractivity contribution is 6.12. The van der Waals surface area contributed by atoms with Crippen molar-refractivity contribution in [2.75, 3.05) is 18.0 Å². The summed E-state index contributed by atoms with van der Waals surface area (Å²) in [6.07, 6.45) is 1.29. The van der Waals surface area contributed by atoms with E-state index in [0.29, 0.717) is 49.7 Å². The summed E-state index contributed by atoms with van der Waals surface area (Å²) in [5.74, 6) is -4.16. The van der Waals surface area contributed by atoms with Crippen LogP contribution in [0.1, 0.15) is 74.6 Å². The van der Waals surface area contributed by atoms with Crippen molar-refractivity contribution in [1.29, 1.82) is 0 Å². The van der Waals surface area contributed by atoms with Crippen molar-refractivity contribution < 1.29 is 38.2 Å². The Morgan fingerprint density at radius 3 is 1.28 bits per heavy atom. The van der Waals surface area contributed by atoms with Gasteiger partial charge in [0, 0.05) is 53.8 Å². The third kappa shape index (κ3) is 6.52. The molecule has 7 aliphatic rings. The Balaban J connectivity index is 1.19. The molecule has 8 atom stereocenters. The van der Waals surface area contributed by atoms with Crippen LogP contribution < -0.4 is 27.8 Å². The van der Waals surface area contributed by atoms with Gasteiger partial charge in [0.15, 0.2) is 0 Å². The van der Waals surface area contributed by atoms with Crippen LogP contribution >= 0.6 is 0 Å². The van der Waals surface area contributed by atoms with Gasteiger partial charge in [-0.05, 0) is 96.9 Å². The molecule has 4 aromatic rings. The molecule has 3 heterocycles. The van der Waals surface area contributed by atoms with E-state index in [1.165, 1.54) is 0 Å². The van der Waals surface area contributed by atoms with Crippen molar-refractivity contribution >= 4 is 41.6 Å². The Kier molecular flexibility index (Phi) is 10.8. The Hall–Kier alpha value is -6.58. The number of rotatable bonds is 12. The average Bonchev–Trinajstić information content (AvgIpc) is 4.05. The molecule has 3 saturated heterocycles. The Bertz CT molecular complexity index is 2420. The second kappa shape index (κ2) is 16.1. The molecule has 4 bridgehead atoms. The number of anilines is 1. The predicted molar refractivity (Wildman–Crippen MR) is 241 cm³/mol. The Morgan fingerprint density at radius 2 is 0.923 bits per heavy atom. The first-order valence-corrected chi connectivity index (χ1v) is 22.4. The predicted octanol–water partition coefficient (Wildman–Crippen LogP) is 4.34. The van der Waals surface area contributed by atoms with E-state index in [1.807, 2.05) is 127 Å². The molecule has 15 nitrogen and oxygen atoms in total. The maximum atomic E-state index is 14.7. The van der Waals surface area contributed by atoms with Crippen LogP contribution in [0.3, 0.4) is 0 Å². The maximum Gasteiger partial charge on any atom is 0.412 e. The fraction of sp³-hybridized carbons (Fsp3) is 0.400. The van der Waals surface area contributed by atoms with Crippen molar-refractivity contribution in [1.82, 2.24) is 9.80 Å². The van der Waals surface area contributed by atoms with Crippen LogP contribution in [0.15, 0.2) is 103 Å². The molecular formula is C50H55N7O8. The molecule has 0 radical (unpaired) electrons. The molecule has 15 heteroatoms. The van der Waals surface area contributed by atoms with Gasteiger partial charge in [0.1, 0.15) is 0 Å². The number of hydrogen-bond donors (Lipinski definition) is 4. The number of fused-ring (bicyclic) bond motifs is 6. The highest BCUT2D eigenvalue weighted by Crippen LogP contribution is 2.53. The lowest BCUT2D eigenvalue weighted by atomic mass is 9.59. The molecule has 3 aliphatic heterocycles. The third-order valence-electron chi connectivity index (χ3n) is 15.7. The highest BCUT2D eigenvalue weighted by Gasteiger charge is 2.70. The minimum absolute atomic E-state index is 0.280. The number of amides is 4. The normalized spacial score (nSPS) is 27.8. The summed E-state index contributed by atoms with van der Waals surface area (Å²) in [7, 11) is 0. The zero-order valence-electron chi connectivity index (χ0n) is 36.6. The lowest BCUT2D eigenvalue weighted by Crippen LogP contribution is -2.76. The van der Waals surface area contributed by atoms with Crippen LogP contribution in [0.2, 0.25) is 0 Å². The van der Waals surface area contributed by atoms with Gasteiger partial charge in [-0.25, -0.2) is 19.2 Å². The van der Waals surface area contributed by atoms with Gasteiger partial charge in [-0.15, -0.1) is 0 Å². The molecule has 4 amide bonds. The van der Waals surface area contributed by atoms with Crippen molar-refractivity contribution in [2.45, 2.75) is 111 Å². The first-order valence-electron chi connectivity index (χ1n) is 22.4. The summed E-state index contributed by atoms with van der Waals surface area (Å²) in [6, 6.07) is 31.6. The van der Waals surface area contributed by atoms with E-state index in [9.17, 15) is 28.8 Å². The van der Waals surface area contributed by atoms with E-state index < -0.39 is 69.9 Å². The second-order valence-electron chi connectivity index (χ2n) is 18.8. The Morgan fingerprint density at radius 1 is 0.523 bits per heavy atom. The fourth-order valence-electron chi connectivity index (χ4n) is 13.0. The molecule has 11 rings (SSSR count). The average molecular weight is 882 g/mol. The molecular weight excluding hydrogens is 827 g/mol. The molecule has 0 spiro atoms.